The van der Waals surface area contributed by atoms with Crippen molar-refractivity contribution in [1.29, 1.82) is 0 Å². The fraction of sp³-hybridized carbons (Fsp3) is 0.286. The van der Waals surface area contributed by atoms with E-state index in [1.807, 2.05) is 20.8 Å². The smallest absolute Gasteiger partial charge is 0.407 e. The number of carboxylic acid groups (broad SMARTS) is 1. The molecule has 0 aliphatic rings. The Balaban J connectivity index is 2.13. The molecule has 0 aliphatic carbocycles. The summed E-state index contributed by atoms with van der Waals surface area (Å²) in [5.74, 6) is -0.247. The van der Waals surface area contributed by atoms with Gasteiger partial charge in [0.25, 0.3) is 0 Å². The number of carbonyl (C=O) groups is 1. The number of rotatable bonds is 4. The van der Waals surface area contributed by atoms with Gasteiger partial charge in [-0.3, -0.25) is 4.98 Å². The second kappa shape index (κ2) is 7.48. The van der Waals surface area contributed by atoms with Gasteiger partial charge in [-0.1, -0.05) is 11.6 Å². The maximum Gasteiger partial charge on any atom is 0.407 e. The van der Waals surface area contributed by atoms with Crippen LogP contribution < -0.4 is 5.73 Å². The molecule has 6 nitrogen and oxygen atoms in total. The van der Waals surface area contributed by atoms with Crippen LogP contribution in [0.5, 0.6) is 0 Å². The van der Waals surface area contributed by atoms with E-state index >= 15 is 4.39 Å². The molecule has 29 heavy (non-hydrogen) atoms. The Morgan fingerprint density at radius 3 is 2.62 bits per heavy atom. The Hall–Kier alpha value is -2.93. The van der Waals surface area contributed by atoms with E-state index in [-0.39, 0.29) is 5.02 Å². The lowest BCUT2D eigenvalue weighted by atomic mass is 9.89. The zero-order valence-corrected chi connectivity index (χ0v) is 17.4. The molecular formula is C21H22ClFN4O2. The van der Waals surface area contributed by atoms with Crippen molar-refractivity contribution < 1.29 is 14.3 Å². The number of halogens is 2. The molecule has 3 rings (SSSR count). The average Bonchev–Trinajstić information content (AvgIpc) is 2.65. The quantitative estimate of drug-likeness (QED) is 0.630. The van der Waals surface area contributed by atoms with Gasteiger partial charge in [-0.25, -0.2) is 14.2 Å². The number of anilines is 1. The van der Waals surface area contributed by atoms with Crippen LogP contribution in [0.15, 0.2) is 30.7 Å². The lowest BCUT2D eigenvalue weighted by Crippen LogP contribution is -2.46. The van der Waals surface area contributed by atoms with E-state index in [0.29, 0.717) is 34.1 Å². The first-order valence-electron chi connectivity index (χ1n) is 8.96. The standard InChI is InChI=1S/C21H22ClFN4O2/c1-11-13(7-21(2,3)27(4)20(28)29)8-25-9-15(11)14-5-12-6-17(24)26-10-16(12)18(22)19(14)23/h5-6,8-10H,7H2,1-4H3,(H2,24,26)(H,28,29). The molecule has 2 heterocycles. The van der Waals surface area contributed by atoms with E-state index in [0.717, 1.165) is 11.1 Å². The van der Waals surface area contributed by atoms with E-state index in [4.69, 9.17) is 17.3 Å². The summed E-state index contributed by atoms with van der Waals surface area (Å²) in [5, 5.41) is 10.4. The second-order valence-electron chi connectivity index (χ2n) is 7.68. The topological polar surface area (TPSA) is 92.3 Å². The van der Waals surface area contributed by atoms with Crippen molar-refractivity contribution in [1.82, 2.24) is 14.9 Å². The van der Waals surface area contributed by atoms with Crippen LogP contribution in [0.1, 0.15) is 25.0 Å². The molecule has 1 aromatic carbocycles. The average molecular weight is 417 g/mol. The van der Waals surface area contributed by atoms with Gasteiger partial charge < -0.3 is 15.7 Å². The Labute approximate surface area is 173 Å². The molecule has 3 aromatic rings. The highest BCUT2D eigenvalue weighted by Gasteiger charge is 2.29. The summed E-state index contributed by atoms with van der Waals surface area (Å²) in [6.07, 6.45) is 4.11. The van der Waals surface area contributed by atoms with Crippen molar-refractivity contribution in [2.75, 3.05) is 12.8 Å². The summed E-state index contributed by atoms with van der Waals surface area (Å²) in [6, 6.07) is 3.32. The van der Waals surface area contributed by atoms with Crippen LogP contribution in [-0.4, -0.2) is 38.7 Å². The number of aromatic nitrogens is 2. The molecule has 1 amide bonds. The van der Waals surface area contributed by atoms with E-state index < -0.39 is 17.4 Å². The minimum atomic E-state index is -1.02. The van der Waals surface area contributed by atoms with Crippen LogP contribution in [-0.2, 0) is 6.42 Å². The molecule has 0 saturated heterocycles. The molecule has 2 aromatic heterocycles. The lowest BCUT2D eigenvalue weighted by Gasteiger charge is -2.34. The number of fused-ring (bicyclic) bond motifs is 1. The monoisotopic (exact) mass is 416 g/mol. The van der Waals surface area contributed by atoms with E-state index in [9.17, 15) is 9.90 Å². The summed E-state index contributed by atoms with van der Waals surface area (Å²) in [7, 11) is 1.52. The van der Waals surface area contributed by atoms with Crippen molar-refractivity contribution in [3.8, 4) is 11.1 Å². The Morgan fingerprint density at radius 2 is 1.97 bits per heavy atom. The number of amides is 1. The fourth-order valence-electron chi connectivity index (χ4n) is 3.30. The number of benzene rings is 1. The molecule has 0 atom stereocenters. The van der Waals surface area contributed by atoms with Gasteiger partial charge >= 0.3 is 6.09 Å². The van der Waals surface area contributed by atoms with E-state index in [1.54, 1.807) is 24.5 Å². The Morgan fingerprint density at radius 1 is 1.28 bits per heavy atom. The molecule has 152 valence electrons. The van der Waals surface area contributed by atoms with Gasteiger partial charge in [-0.15, -0.1) is 0 Å². The molecule has 8 heteroatoms. The molecule has 0 bridgehead atoms. The highest BCUT2D eigenvalue weighted by Crippen LogP contribution is 2.37. The summed E-state index contributed by atoms with van der Waals surface area (Å²) >= 11 is 6.26. The molecule has 0 radical (unpaired) electrons. The Kier molecular flexibility index (Phi) is 5.36. The first-order valence-corrected chi connectivity index (χ1v) is 9.34. The zero-order chi connectivity index (χ0) is 21.5. The molecule has 0 unspecified atom stereocenters. The normalized spacial score (nSPS) is 11.7. The van der Waals surface area contributed by atoms with Gasteiger partial charge in [-0.05, 0) is 55.8 Å². The number of hydrogen-bond donors (Lipinski definition) is 2. The van der Waals surface area contributed by atoms with Crippen molar-refractivity contribution in [2.24, 2.45) is 0 Å². The van der Waals surface area contributed by atoms with E-state index in [1.165, 1.54) is 18.1 Å². The minimum absolute atomic E-state index is 0.0271. The molecule has 0 fully saturated rings. The van der Waals surface area contributed by atoms with Crippen LogP contribution in [0, 0.1) is 12.7 Å². The van der Waals surface area contributed by atoms with Gasteiger partial charge in [-0.2, -0.15) is 0 Å². The maximum absolute atomic E-state index is 15.1. The zero-order valence-electron chi connectivity index (χ0n) is 16.6. The molecule has 3 N–H and O–H groups in total. The van der Waals surface area contributed by atoms with Gasteiger partial charge in [0.05, 0.1) is 5.02 Å². The van der Waals surface area contributed by atoms with E-state index in [2.05, 4.69) is 9.97 Å². The summed E-state index contributed by atoms with van der Waals surface area (Å²) in [6.45, 7) is 5.52. The first-order chi connectivity index (χ1) is 13.5. The summed E-state index contributed by atoms with van der Waals surface area (Å²) in [4.78, 5) is 20.9. The van der Waals surface area contributed by atoms with Crippen molar-refractivity contribution in [2.45, 2.75) is 32.7 Å². The second-order valence-corrected chi connectivity index (χ2v) is 8.06. The first kappa shape index (κ1) is 20.8. The van der Waals surface area contributed by atoms with Crippen molar-refractivity contribution in [3.63, 3.8) is 0 Å². The number of nitrogens with two attached hydrogens (primary N) is 1. The SMILES string of the molecule is Cc1c(CC(C)(C)N(C)C(=O)O)cncc1-c1cc2cc(N)ncc2c(Cl)c1F. The number of nitrogen functional groups attached to an aromatic ring is 1. The largest absolute Gasteiger partial charge is 0.465 e. The predicted octanol–water partition coefficient (Wildman–Crippen LogP) is 4.91. The molecular weight excluding hydrogens is 395 g/mol. The number of hydrogen-bond acceptors (Lipinski definition) is 4. The van der Waals surface area contributed by atoms with Crippen LogP contribution >= 0.6 is 11.6 Å². The highest BCUT2D eigenvalue weighted by atomic mass is 35.5. The van der Waals surface area contributed by atoms with Crippen molar-refractivity contribution in [3.05, 3.63) is 52.7 Å². The predicted molar refractivity (Wildman–Crippen MR) is 113 cm³/mol. The van der Waals surface area contributed by atoms with Gasteiger partial charge in [0.1, 0.15) is 11.6 Å². The molecule has 0 aliphatic heterocycles. The molecule has 0 spiro atoms. The maximum atomic E-state index is 15.1. The van der Waals surface area contributed by atoms with Gasteiger partial charge in [0.2, 0.25) is 0 Å². The van der Waals surface area contributed by atoms with Crippen LogP contribution in [0.4, 0.5) is 15.0 Å². The summed E-state index contributed by atoms with van der Waals surface area (Å²) in [5.41, 5.74) is 7.63. The third-order valence-electron chi connectivity index (χ3n) is 5.35. The number of likely N-dealkylation sites (N-methyl/N-ethyl adjacent to an activating group) is 1. The minimum Gasteiger partial charge on any atom is -0.465 e. The molecule has 0 saturated carbocycles. The highest BCUT2D eigenvalue weighted by molar-refractivity contribution is 6.36. The third kappa shape index (κ3) is 3.82. The van der Waals surface area contributed by atoms with Crippen molar-refractivity contribution >= 4 is 34.3 Å². The van der Waals surface area contributed by atoms with Gasteiger partial charge in [0.15, 0.2) is 0 Å². The van der Waals surface area contributed by atoms with Crippen LogP contribution in [0.2, 0.25) is 5.02 Å². The number of nitrogens with zero attached hydrogens (tertiary/aromatic N) is 3. The summed E-state index contributed by atoms with van der Waals surface area (Å²) < 4.78 is 15.1. The van der Waals surface area contributed by atoms with Crippen LogP contribution in [0.3, 0.4) is 0 Å². The Bertz CT molecular complexity index is 1120. The van der Waals surface area contributed by atoms with Gasteiger partial charge in [0, 0.05) is 47.7 Å². The van der Waals surface area contributed by atoms with Crippen LogP contribution in [0.25, 0.3) is 21.9 Å². The fourth-order valence-corrected chi connectivity index (χ4v) is 3.56. The third-order valence-corrected chi connectivity index (χ3v) is 5.72. The number of pyridine rings is 2. The lowest BCUT2D eigenvalue weighted by molar-refractivity contribution is 0.110.